The Morgan fingerprint density at radius 2 is 1.74 bits per heavy atom. The van der Waals surface area contributed by atoms with E-state index in [9.17, 15) is 18.3 Å². The van der Waals surface area contributed by atoms with Crippen molar-refractivity contribution in [3.05, 3.63) is 59.9 Å². The van der Waals surface area contributed by atoms with Gasteiger partial charge in [0.15, 0.2) is 17.3 Å². The molecule has 3 heterocycles. The molecule has 0 spiro atoms. The van der Waals surface area contributed by atoms with Gasteiger partial charge < -0.3 is 33.7 Å². The number of hydrogen-bond acceptors (Lipinski definition) is 10. The molecule has 1 amide bonds. The lowest BCUT2D eigenvalue weighted by Crippen LogP contribution is -2.49. The van der Waals surface area contributed by atoms with Crippen LogP contribution in [0, 0.1) is 11.3 Å². The maximum Gasteiger partial charge on any atom is 0.288 e. The summed E-state index contributed by atoms with van der Waals surface area (Å²) in [6, 6.07) is 12.1. The number of aliphatic hydroxyl groups excluding tert-OH is 1. The van der Waals surface area contributed by atoms with Gasteiger partial charge in [-0.25, -0.2) is 8.42 Å². The van der Waals surface area contributed by atoms with Crippen LogP contribution in [0.3, 0.4) is 0 Å². The summed E-state index contributed by atoms with van der Waals surface area (Å²) in [5.41, 5.74) is 0.977. The predicted molar refractivity (Wildman–Crippen MR) is 170 cm³/mol. The molecule has 1 saturated heterocycles. The Bertz CT molecular complexity index is 1480. The molecule has 46 heavy (non-hydrogen) atoms. The van der Waals surface area contributed by atoms with E-state index in [1.807, 2.05) is 29.2 Å². The quantitative estimate of drug-likeness (QED) is 0.363. The number of benzene rings is 2. The molecule has 0 aliphatic carbocycles. The van der Waals surface area contributed by atoms with Crippen LogP contribution in [-0.4, -0.2) is 106 Å². The summed E-state index contributed by atoms with van der Waals surface area (Å²) in [5, 5.41) is 9.59. The summed E-state index contributed by atoms with van der Waals surface area (Å²) < 4.78 is 56.0. The summed E-state index contributed by atoms with van der Waals surface area (Å²) in [4.78, 5) is 17.9. The molecular formula is C33H45N3O9S. The Hall–Kier alpha value is -3.36. The maximum absolute atomic E-state index is 13.7. The number of methoxy groups -OCH3 is 1. The molecule has 12 nitrogen and oxygen atoms in total. The molecule has 0 radical (unpaired) electrons. The van der Waals surface area contributed by atoms with E-state index in [1.54, 1.807) is 12.1 Å². The Morgan fingerprint density at radius 3 is 2.41 bits per heavy atom. The van der Waals surface area contributed by atoms with Crippen LogP contribution in [-0.2, 0) is 30.8 Å². The highest BCUT2D eigenvalue weighted by Crippen LogP contribution is 2.37. The van der Waals surface area contributed by atoms with Gasteiger partial charge in [-0.05, 0) is 59.4 Å². The van der Waals surface area contributed by atoms with Crippen LogP contribution < -0.4 is 14.2 Å². The monoisotopic (exact) mass is 659 g/mol. The molecule has 13 heteroatoms. The van der Waals surface area contributed by atoms with Crippen LogP contribution in [0.2, 0.25) is 0 Å². The number of carbonyl (C=O) groups is 1. The van der Waals surface area contributed by atoms with E-state index < -0.39 is 16.3 Å². The van der Waals surface area contributed by atoms with E-state index in [-0.39, 0.29) is 61.0 Å². The Labute approximate surface area is 271 Å². The van der Waals surface area contributed by atoms with Gasteiger partial charge in [-0.3, -0.25) is 9.69 Å². The number of ether oxygens (including phenoxy) is 5. The molecule has 0 aromatic heterocycles. The first-order valence-corrected chi connectivity index (χ1v) is 17.1. The largest absolute Gasteiger partial charge is 0.497 e. The van der Waals surface area contributed by atoms with Crippen LogP contribution in [0.15, 0.2) is 59.2 Å². The summed E-state index contributed by atoms with van der Waals surface area (Å²) in [6.45, 7) is 9.50. The number of aliphatic hydroxyl groups is 1. The van der Waals surface area contributed by atoms with Gasteiger partial charge in [0.05, 0.1) is 25.2 Å². The molecule has 2 atom stereocenters. The highest BCUT2D eigenvalue weighted by Gasteiger charge is 2.36. The lowest BCUT2D eigenvalue weighted by Gasteiger charge is -2.39. The van der Waals surface area contributed by atoms with Gasteiger partial charge in [0, 0.05) is 52.2 Å². The number of carbonyl (C=O) groups excluding carboxylic acids is 1. The second kappa shape index (κ2) is 14.6. The third kappa shape index (κ3) is 8.13. The van der Waals surface area contributed by atoms with Crippen molar-refractivity contribution in [3.8, 4) is 17.2 Å². The van der Waals surface area contributed by atoms with Crippen molar-refractivity contribution in [1.29, 1.82) is 0 Å². The fourth-order valence-electron chi connectivity index (χ4n) is 5.72. The second-order valence-corrected chi connectivity index (χ2v) is 14.7. The first-order chi connectivity index (χ1) is 22.0. The van der Waals surface area contributed by atoms with Gasteiger partial charge in [-0.15, -0.1) is 0 Å². The van der Waals surface area contributed by atoms with Crippen molar-refractivity contribution < 1.29 is 42.0 Å². The summed E-state index contributed by atoms with van der Waals surface area (Å²) in [6.07, 6.45) is 1.71. The summed E-state index contributed by atoms with van der Waals surface area (Å²) in [7, 11) is -2.37. The molecule has 1 N–H and O–H groups in total. The number of rotatable bonds is 12. The zero-order valence-corrected chi connectivity index (χ0v) is 27.8. The Balaban J connectivity index is 1.17. The van der Waals surface area contributed by atoms with Gasteiger partial charge >= 0.3 is 0 Å². The fraction of sp³-hybridized carbons (Fsp3) is 0.545. The number of amides is 1. The number of nitrogens with zero attached hydrogens (tertiary/aromatic N) is 3. The molecule has 252 valence electrons. The minimum absolute atomic E-state index is 0.00723. The minimum atomic E-state index is -3.88. The zero-order chi connectivity index (χ0) is 32.9. The van der Waals surface area contributed by atoms with Crippen LogP contribution in [0.25, 0.3) is 0 Å². The number of piperazine rings is 1. The highest BCUT2D eigenvalue weighted by molar-refractivity contribution is 7.89. The van der Waals surface area contributed by atoms with Gasteiger partial charge in [-0.2, -0.15) is 4.31 Å². The van der Waals surface area contributed by atoms with E-state index in [4.69, 9.17) is 23.7 Å². The number of sulfonamides is 1. The Morgan fingerprint density at radius 1 is 1.02 bits per heavy atom. The fourth-order valence-corrected chi connectivity index (χ4v) is 7.14. The van der Waals surface area contributed by atoms with Crippen molar-refractivity contribution >= 4 is 15.9 Å². The second-order valence-electron chi connectivity index (χ2n) is 12.7. The van der Waals surface area contributed by atoms with Crippen LogP contribution in [0.4, 0.5) is 0 Å². The third-order valence-corrected chi connectivity index (χ3v) is 10.5. The van der Waals surface area contributed by atoms with Gasteiger partial charge in [0.25, 0.3) is 5.91 Å². The van der Waals surface area contributed by atoms with Crippen LogP contribution in [0.1, 0.15) is 32.8 Å². The molecule has 0 unspecified atom stereocenters. The van der Waals surface area contributed by atoms with E-state index in [0.717, 1.165) is 36.7 Å². The predicted octanol–water partition coefficient (Wildman–Crippen LogP) is 3.06. The van der Waals surface area contributed by atoms with Crippen LogP contribution in [0.5, 0.6) is 17.2 Å². The highest BCUT2D eigenvalue weighted by atomic mass is 32.2. The first kappa shape index (κ1) is 34.0. The Kier molecular flexibility index (Phi) is 10.8. The topological polar surface area (TPSA) is 127 Å². The van der Waals surface area contributed by atoms with Gasteiger partial charge in [-0.1, -0.05) is 26.8 Å². The third-order valence-electron chi connectivity index (χ3n) is 8.57. The van der Waals surface area contributed by atoms with Gasteiger partial charge in [0.1, 0.15) is 5.75 Å². The average Bonchev–Trinajstić information content (AvgIpc) is 3.52. The van der Waals surface area contributed by atoms with Crippen LogP contribution >= 0.6 is 0 Å². The van der Waals surface area contributed by atoms with E-state index >= 15 is 0 Å². The van der Waals surface area contributed by atoms with E-state index in [2.05, 4.69) is 25.7 Å². The van der Waals surface area contributed by atoms with Gasteiger partial charge in [0.2, 0.25) is 23.1 Å². The van der Waals surface area contributed by atoms with Crippen molar-refractivity contribution in [2.45, 2.75) is 44.9 Å². The van der Waals surface area contributed by atoms with E-state index in [0.29, 0.717) is 25.3 Å². The van der Waals surface area contributed by atoms with E-state index in [1.165, 1.54) is 23.5 Å². The molecular weight excluding hydrogens is 614 g/mol. The standard InChI is InChI=1S/C33H45N3O9S/c1-33(2,3)25-20-30(32(38)35-13-11-34(12-14-35)22-24-5-10-28-29(19-24)44-23-43-28)45-31(21-25)42-18-16-36(15-17-37)46(39,40)27-8-6-26(41-4)7-9-27/h5-10,19-20,25,31,37H,11-18,21-23H2,1-4H3/t25-,31+/m0/s1. The molecule has 3 aliphatic rings. The first-order valence-electron chi connectivity index (χ1n) is 15.6. The molecule has 0 bridgehead atoms. The smallest absolute Gasteiger partial charge is 0.288 e. The van der Waals surface area contributed by atoms with Crippen molar-refractivity contribution in [3.63, 3.8) is 0 Å². The normalized spacial score (nSPS) is 20.4. The number of allylic oxidation sites excluding steroid dienone is 1. The van der Waals surface area contributed by atoms with Crippen molar-refractivity contribution in [1.82, 2.24) is 14.1 Å². The molecule has 2 aromatic carbocycles. The number of fused-ring (bicyclic) bond motifs is 1. The number of hydrogen-bond donors (Lipinski definition) is 1. The van der Waals surface area contributed by atoms with Crippen molar-refractivity contribution in [2.24, 2.45) is 11.3 Å². The molecule has 1 fully saturated rings. The van der Waals surface area contributed by atoms with Crippen molar-refractivity contribution in [2.75, 3.05) is 66.4 Å². The molecule has 5 rings (SSSR count). The molecule has 3 aliphatic heterocycles. The summed E-state index contributed by atoms with van der Waals surface area (Å²) in [5.74, 6) is 2.16. The average molecular weight is 660 g/mol. The SMILES string of the molecule is COc1ccc(S(=O)(=O)N(CCO)CCO[C@H]2C[C@@H](C(C)(C)C)C=C(C(=O)N3CCN(Cc4ccc5c(c4)OCO5)CC3)O2)cc1. The minimum Gasteiger partial charge on any atom is -0.497 e. The lowest BCUT2D eigenvalue weighted by molar-refractivity contribution is -0.159. The molecule has 2 aromatic rings. The maximum atomic E-state index is 13.7. The zero-order valence-electron chi connectivity index (χ0n) is 27.0. The lowest BCUT2D eigenvalue weighted by atomic mass is 9.77. The molecule has 0 saturated carbocycles. The summed E-state index contributed by atoms with van der Waals surface area (Å²) >= 11 is 0.